The van der Waals surface area contributed by atoms with Gasteiger partial charge in [-0.15, -0.1) is 0 Å². The van der Waals surface area contributed by atoms with Crippen LogP contribution in [0.5, 0.6) is 11.5 Å². The van der Waals surface area contributed by atoms with E-state index in [1.165, 1.54) is 18.2 Å². The number of carboxylic acids is 2. The van der Waals surface area contributed by atoms with Crippen LogP contribution < -0.4 is 32.0 Å². The summed E-state index contributed by atoms with van der Waals surface area (Å²) >= 11 is 0. The number of aromatic carboxylic acids is 2. The van der Waals surface area contributed by atoms with Gasteiger partial charge in [-0.25, -0.2) is 21.3 Å². The first kappa shape index (κ1) is 31.1. The lowest BCUT2D eigenvalue weighted by Crippen LogP contribution is -2.31. The summed E-state index contributed by atoms with van der Waals surface area (Å²) in [6, 6.07) is 23.8. The van der Waals surface area contributed by atoms with E-state index in [1.54, 1.807) is 0 Å². The average Bonchev–Trinajstić information content (AvgIpc) is 2.94. The summed E-state index contributed by atoms with van der Waals surface area (Å²) in [4.78, 5) is 42.1. The van der Waals surface area contributed by atoms with Gasteiger partial charge >= 0.3 is 11.9 Å². The van der Waals surface area contributed by atoms with Crippen LogP contribution in [0.3, 0.4) is 0 Å². The molecule has 12 nitrogen and oxygen atoms in total. The van der Waals surface area contributed by atoms with Crippen molar-refractivity contribution in [3.05, 3.63) is 96.1 Å². The maximum Gasteiger partial charge on any atom is 0.335 e. The maximum absolute atomic E-state index is 10.7. The van der Waals surface area contributed by atoms with Gasteiger partial charge in [0.25, 0.3) is 0 Å². The number of hydrogen-bond acceptors (Lipinski definition) is 8. The van der Waals surface area contributed by atoms with E-state index >= 15 is 0 Å². The summed E-state index contributed by atoms with van der Waals surface area (Å²) in [7, 11) is 0. The predicted octanol–water partition coefficient (Wildman–Crippen LogP) is 1.97. The number of hydrazine groups is 2. The molecule has 3 aromatic rings. The third-order valence-electron chi connectivity index (χ3n) is 4.36. The van der Waals surface area contributed by atoms with Crippen LogP contribution in [0.4, 0.5) is 0 Å². The molecule has 202 valence electrons. The van der Waals surface area contributed by atoms with E-state index in [0.29, 0.717) is 13.2 Å². The standard InChI is InChI=1S/2C9H12N2O2.C8H6O4/c2*10-11-9(12)6-7-13-8-4-2-1-3-5-8;9-7(10)5-2-1-3-6(4-5)8(11)12/h2*1-5H,6-7,10H2,(H,11,12);1-4H,(H,9,10)(H,11,12). The van der Waals surface area contributed by atoms with Crippen molar-refractivity contribution in [3.8, 4) is 11.5 Å². The molecule has 0 fully saturated rings. The highest BCUT2D eigenvalue weighted by Gasteiger charge is 2.06. The lowest BCUT2D eigenvalue weighted by atomic mass is 10.1. The van der Waals surface area contributed by atoms with Gasteiger partial charge in [0.05, 0.1) is 37.2 Å². The average molecular weight is 527 g/mol. The van der Waals surface area contributed by atoms with Gasteiger partial charge in [0, 0.05) is 0 Å². The van der Waals surface area contributed by atoms with Crippen LogP contribution in [0.2, 0.25) is 0 Å². The SMILES string of the molecule is NNC(=O)CCOc1ccccc1.NNC(=O)CCOc1ccccc1.O=C(O)c1cccc(C(=O)O)c1. The first-order chi connectivity index (χ1) is 18.3. The van der Waals surface area contributed by atoms with E-state index in [4.69, 9.17) is 31.4 Å². The molecule has 3 aromatic carbocycles. The number of rotatable bonds is 10. The summed E-state index contributed by atoms with van der Waals surface area (Å²) in [5.74, 6) is 8.60. The monoisotopic (exact) mass is 526 g/mol. The molecule has 2 amide bonds. The number of ether oxygens (including phenoxy) is 2. The van der Waals surface area contributed by atoms with Crippen LogP contribution in [-0.4, -0.2) is 47.2 Å². The highest BCUT2D eigenvalue weighted by Crippen LogP contribution is 2.09. The minimum atomic E-state index is -1.13. The fourth-order valence-electron chi connectivity index (χ4n) is 2.49. The summed E-state index contributed by atoms with van der Waals surface area (Å²) in [6.45, 7) is 0.681. The molecule has 0 bridgehead atoms. The number of nitrogens with one attached hydrogen (secondary N) is 2. The van der Waals surface area contributed by atoms with Crippen molar-refractivity contribution in [2.24, 2.45) is 11.7 Å². The topological polar surface area (TPSA) is 203 Å². The first-order valence-electron chi connectivity index (χ1n) is 11.2. The van der Waals surface area contributed by atoms with Crippen LogP contribution in [0.15, 0.2) is 84.9 Å². The van der Waals surface area contributed by atoms with Crippen molar-refractivity contribution >= 4 is 23.8 Å². The second kappa shape index (κ2) is 18.3. The van der Waals surface area contributed by atoms with Gasteiger partial charge < -0.3 is 19.7 Å². The number of benzene rings is 3. The van der Waals surface area contributed by atoms with E-state index in [9.17, 15) is 19.2 Å². The molecule has 12 heteroatoms. The zero-order chi connectivity index (χ0) is 28.2. The zero-order valence-corrected chi connectivity index (χ0v) is 20.4. The molecule has 0 heterocycles. The molecule has 3 rings (SSSR count). The molecular weight excluding hydrogens is 496 g/mol. The third kappa shape index (κ3) is 13.8. The first-order valence-corrected chi connectivity index (χ1v) is 11.2. The third-order valence-corrected chi connectivity index (χ3v) is 4.36. The summed E-state index contributed by atoms with van der Waals surface area (Å²) in [6.07, 6.45) is 0.538. The number of carboxylic acid groups (broad SMARTS) is 2. The highest BCUT2D eigenvalue weighted by molar-refractivity contribution is 5.93. The molecule has 0 saturated heterocycles. The smallest absolute Gasteiger partial charge is 0.335 e. The normalized spacial score (nSPS) is 9.32. The molecule has 0 spiro atoms. The number of para-hydroxylation sites is 2. The Morgan fingerprint density at radius 3 is 1.29 bits per heavy atom. The minimum Gasteiger partial charge on any atom is -0.493 e. The van der Waals surface area contributed by atoms with E-state index in [2.05, 4.69) is 0 Å². The van der Waals surface area contributed by atoms with E-state index < -0.39 is 11.9 Å². The number of carbonyl (C=O) groups excluding carboxylic acids is 2. The van der Waals surface area contributed by atoms with E-state index in [-0.39, 0.29) is 35.8 Å². The van der Waals surface area contributed by atoms with Crippen molar-refractivity contribution in [2.75, 3.05) is 13.2 Å². The predicted molar refractivity (Wildman–Crippen MR) is 138 cm³/mol. The summed E-state index contributed by atoms with van der Waals surface area (Å²) in [5.41, 5.74) is 4.03. The van der Waals surface area contributed by atoms with Gasteiger partial charge in [-0.05, 0) is 42.5 Å². The fraction of sp³-hybridized carbons (Fsp3) is 0.154. The largest absolute Gasteiger partial charge is 0.493 e. The second-order valence-electron chi connectivity index (χ2n) is 7.15. The maximum atomic E-state index is 10.7. The highest BCUT2D eigenvalue weighted by atomic mass is 16.5. The molecular formula is C26H30N4O8. The van der Waals surface area contributed by atoms with E-state index in [1.807, 2.05) is 71.5 Å². The zero-order valence-electron chi connectivity index (χ0n) is 20.4. The molecule has 0 saturated carbocycles. The van der Waals surface area contributed by atoms with Gasteiger partial charge in [-0.1, -0.05) is 42.5 Å². The molecule has 8 N–H and O–H groups in total. The molecule has 0 aromatic heterocycles. The Bertz CT molecular complexity index is 1060. The van der Waals surface area contributed by atoms with Crippen LogP contribution >= 0.6 is 0 Å². The molecule has 0 unspecified atom stereocenters. The van der Waals surface area contributed by atoms with Crippen molar-refractivity contribution in [3.63, 3.8) is 0 Å². The summed E-state index contributed by atoms with van der Waals surface area (Å²) in [5, 5.41) is 17.0. The van der Waals surface area contributed by atoms with Crippen LogP contribution in [0.1, 0.15) is 33.6 Å². The number of carbonyl (C=O) groups is 4. The molecule has 38 heavy (non-hydrogen) atoms. The van der Waals surface area contributed by atoms with Crippen LogP contribution in [0.25, 0.3) is 0 Å². The minimum absolute atomic E-state index is 0.0186. The Hall–Kier alpha value is -4.94. The quantitative estimate of drug-likeness (QED) is 0.129. The Morgan fingerprint density at radius 1 is 0.605 bits per heavy atom. The van der Waals surface area contributed by atoms with Gasteiger partial charge in [0.2, 0.25) is 11.8 Å². The van der Waals surface area contributed by atoms with Crippen molar-refractivity contribution < 1.29 is 38.9 Å². The van der Waals surface area contributed by atoms with Gasteiger partial charge in [0.15, 0.2) is 0 Å². The van der Waals surface area contributed by atoms with Gasteiger partial charge in [-0.2, -0.15) is 0 Å². The van der Waals surface area contributed by atoms with Crippen LogP contribution in [-0.2, 0) is 9.59 Å². The fourth-order valence-corrected chi connectivity index (χ4v) is 2.49. The molecule has 0 aliphatic heterocycles. The summed E-state index contributed by atoms with van der Waals surface area (Å²) < 4.78 is 10.5. The van der Waals surface area contributed by atoms with Gasteiger partial charge in [-0.3, -0.25) is 20.4 Å². The molecule has 0 aliphatic carbocycles. The van der Waals surface area contributed by atoms with Gasteiger partial charge in [0.1, 0.15) is 11.5 Å². The molecule has 0 radical (unpaired) electrons. The Kier molecular flexibility index (Phi) is 15.0. The lowest BCUT2D eigenvalue weighted by Gasteiger charge is -2.04. The van der Waals surface area contributed by atoms with E-state index in [0.717, 1.165) is 17.6 Å². The molecule has 0 aliphatic rings. The Labute approximate surface area is 219 Å². The Balaban J connectivity index is 0.000000285. The number of hydrogen-bond donors (Lipinski definition) is 6. The molecule has 0 atom stereocenters. The van der Waals surface area contributed by atoms with Crippen molar-refractivity contribution in [1.29, 1.82) is 0 Å². The number of nitrogens with two attached hydrogens (primary N) is 2. The number of amides is 2. The van der Waals surface area contributed by atoms with Crippen LogP contribution in [0, 0.1) is 0 Å². The second-order valence-corrected chi connectivity index (χ2v) is 7.15. The lowest BCUT2D eigenvalue weighted by molar-refractivity contribution is -0.122. The van der Waals surface area contributed by atoms with Crippen molar-refractivity contribution in [2.45, 2.75) is 12.8 Å². The van der Waals surface area contributed by atoms with Crippen molar-refractivity contribution in [1.82, 2.24) is 10.9 Å². The Morgan fingerprint density at radius 2 is 0.974 bits per heavy atom.